The van der Waals surface area contributed by atoms with Crippen LogP contribution >= 0.6 is 0 Å². The standard InChI is InChI=1S/C9H17N.C2H6/c1-8(7-10)5-6-9(2,3)4;1-2/h8H,5-6H2,1-4H3;1-2H3. The number of nitrogens with zero attached hydrogens (tertiary/aromatic N) is 1. The van der Waals surface area contributed by atoms with Crippen LogP contribution in [0, 0.1) is 22.7 Å². The highest BCUT2D eigenvalue weighted by molar-refractivity contribution is 4.79. The summed E-state index contributed by atoms with van der Waals surface area (Å²) in [5.74, 6) is 0.222. The second-order valence-corrected chi connectivity index (χ2v) is 4.13. The molecule has 0 aromatic rings. The molecule has 1 heteroatoms. The van der Waals surface area contributed by atoms with Crippen molar-refractivity contribution in [2.75, 3.05) is 0 Å². The molecule has 0 saturated heterocycles. The van der Waals surface area contributed by atoms with Gasteiger partial charge in [0.1, 0.15) is 0 Å². The smallest absolute Gasteiger partial charge is 0.0652 e. The first kappa shape index (κ1) is 14.0. The molecule has 1 atom stereocenters. The van der Waals surface area contributed by atoms with E-state index in [9.17, 15) is 0 Å². The zero-order valence-electron chi connectivity index (χ0n) is 9.44. The molecule has 1 nitrogen and oxygen atoms in total. The lowest BCUT2D eigenvalue weighted by atomic mass is 9.88. The van der Waals surface area contributed by atoms with Crippen molar-refractivity contribution in [3.63, 3.8) is 0 Å². The van der Waals surface area contributed by atoms with Gasteiger partial charge in [-0.05, 0) is 25.2 Å². The molecular weight excluding hydrogens is 146 g/mol. The molecule has 1 unspecified atom stereocenters. The average Bonchev–Trinajstić information content (AvgIpc) is 2.03. The van der Waals surface area contributed by atoms with Crippen molar-refractivity contribution in [3.05, 3.63) is 0 Å². The summed E-state index contributed by atoms with van der Waals surface area (Å²) in [7, 11) is 0. The molecule has 0 aliphatic heterocycles. The van der Waals surface area contributed by atoms with E-state index in [1.807, 2.05) is 20.8 Å². The number of hydrogen-bond acceptors (Lipinski definition) is 1. The molecule has 0 heterocycles. The van der Waals surface area contributed by atoms with E-state index in [1.54, 1.807) is 0 Å². The lowest BCUT2D eigenvalue weighted by Gasteiger charge is -2.17. The Balaban J connectivity index is 0. The Morgan fingerprint density at radius 3 is 1.92 bits per heavy atom. The van der Waals surface area contributed by atoms with E-state index in [4.69, 9.17) is 5.26 Å². The first-order valence-corrected chi connectivity index (χ1v) is 4.85. The van der Waals surface area contributed by atoms with Gasteiger partial charge in [-0.2, -0.15) is 5.26 Å². The highest BCUT2D eigenvalue weighted by atomic mass is 14.3. The van der Waals surface area contributed by atoms with Gasteiger partial charge in [0.05, 0.1) is 6.07 Å². The summed E-state index contributed by atoms with van der Waals surface area (Å²) in [5, 5.41) is 8.48. The fourth-order valence-electron chi connectivity index (χ4n) is 0.714. The molecule has 0 aromatic heterocycles. The van der Waals surface area contributed by atoms with E-state index in [-0.39, 0.29) is 5.92 Å². The maximum absolute atomic E-state index is 8.48. The molecular formula is C11H23N. The van der Waals surface area contributed by atoms with E-state index < -0.39 is 0 Å². The molecule has 0 bridgehead atoms. The number of rotatable bonds is 2. The molecule has 0 aliphatic carbocycles. The van der Waals surface area contributed by atoms with Crippen LogP contribution in [0.5, 0.6) is 0 Å². The predicted molar refractivity (Wildman–Crippen MR) is 54.8 cm³/mol. The topological polar surface area (TPSA) is 23.8 Å². The van der Waals surface area contributed by atoms with Crippen molar-refractivity contribution >= 4 is 0 Å². The van der Waals surface area contributed by atoms with E-state index in [0.717, 1.165) is 12.8 Å². The molecule has 0 fully saturated rings. The Bertz CT molecular complexity index is 125. The van der Waals surface area contributed by atoms with Crippen LogP contribution < -0.4 is 0 Å². The number of nitriles is 1. The third-order valence-corrected chi connectivity index (χ3v) is 1.55. The Labute approximate surface area is 77.8 Å². The lowest BCUT2D eigenvalue weighted by Crippen LogP contribution is -2.06. The van der Waals surface area contributed by atoms with Crippen molar-refractivity contribution in [1.82, 2.24) is 0 Å². The number of hydrogen-bond donors (Lipinski definition) is 0. The fraction of sp³-hybridized carbons (Fsp3) is 0.909. The van der Waals surface area contributed by atoms with Crippen LogP contribution in [0.3, 0.4) is 0 Å². The first-order valence-electron chi connectivity index (χ1n) is 4.85. The van der Waals surface area contributed by atoms with Crippen LogP contribution in [-0.4, -0.2) is 0 Å². The molecule has 0 radical (unpaired) electrons. The Morgan fingerprint density at radius 2 is 1.67 bits per heavy atom. The Kier molecular flexibility index (Phi) is 8.37. The quantitative estimate of drug-likeness (QED) is 0.613. The van der Waals surface area contributed by atoms with Gasteiger partial charge in [0.2, 0.25) is 0 Å². The van der Waals surface area contributed by atoms with Gasteiger partial charge in [-0.25, -0.2) is 0 Å². The van der Waals surface area contributed by atoms with Gasteiger partial charge in [-0.15, -0.1) is 0 Å². The highest BCUT2D eigenvalue weighted by Gasteiger charge is 2.11. The van der Waals surface area contributed by atoms with Crippen LogP contribution in [0.15, 0.2) is 0 Å². The van der Waals surface area contributed by atoms with Crippen molar-refractivity contribution in [1.29, 1.82) is 5.26 Å². The third-order valence-electron chi connectivity index (χ3n) is 1.55. The minimum absolute atomic E-state index is 0.222. The maximum atomic E-state index is 8.48. The van der Waals surface area contributed by atoms with E-state index in [1.165, 1.54) is 0 Å². The zero-order valence-corrected chi connectivity index (χ0v) is 9.44. The fourth-order valence-corrected chi connectivity index (χ4v) is 0.714. The van der Waals surface area contributed by atoms with Crippen LogP contribution in [0.25, 0.3) is 0 Å². The first-order chi connectivity index (χ1) is 5.45. The molecule has 0 spiro atoms. The summed E-state index contributed by atoms with van der Waals surface area (Å²) in [4.78, 5) is 0. The Morgan fingerprint density at radius 1 is 1.25 bits per heavy atom. The Hall–Kier alpha value is -0.510. The monoisotopic (exact) mass is 169 g/mol. The summed E-state index contributed by atoms with van der Waals surface area (Å²) in [6.07, 6.45) is 2.17. The van der Waals surface area contributed by atoms with Gasteiger partial charge < -0.3 is 0 Å². The molecule has 72 valence electrons. The molecule has 0 rings (SSSR count). The zero-order chi connectivity index (χ0) is 10.2. The van der Waals surface area contributed by atoms with E-state index in [2.05, 4.69) is 26.8 Å². The second kappa shape index (κ2) is 7.16. The van der Waals surface area contributed by atoms with Gasteiger partial charge in [0, 0.05) is 5.92 Å². The molecule has 0 saturated carbocycles. The second-order valence-electron chi connectivity index (χ2n) is 4.13. The van der Waals surface area contributed by atoms with Crippen molar-refractivity contribution in [2.45, 2.75) is 54.4 Å². The molecule has 0 amide bonds. The molecule has 0 aliphatic rings. The van der Waals surface area contributed by atoms with Crippen LogP contribution in [0.4, 0.5) is 0 Å². The average molecular weight is 169 g/mol. The van der Waals surface area contributed by atoms with Crippen molar-refractivity contribution < 1.29 is 0 Å². The SMILES string of the molecule is CC.CC(C#N)CCC(C)(C)C. The third kappa shape index (κ3) is 12.2. The van der Waals surface area contributed by atoms with Gasteiger partial charge in [0.25, 0.3) is 0 Å². The maximum Gasteiger partial charge on any atom is 0.0652 e. The largest absolute Gasteiger partial charge is 0.198 e. The lowest BCUT2D eigenvalue weighted by molar-refractivity contribution is 0.348. The summed E-state index contributed by atoms with van der Waals surface area (Å²) in [5.41, 5.74) is 0.380. The predicted octanol–water partition coefficient (Wildman–Crippen LogP) is 4.00. The molecule has 0 aromatic carbocycles. The molecule has 0 N–H and O–H groups in total. The van der Waals surface area contributed by atoms with Gasteiger partial charge in [-0.3, -0.25) is 0 Å². The summed E-state index contributed by atoms with van der Waals surface area (Å²) < 4.78 is 0. The molecule has 12 heavy (non-hydrogen) atoms. The van der Waals surface area contributed by atoms with Gasteiger partial charge >= 0.3 is 0 Å². The van der Waals surface area contributed by atoms with Crippen LogP contribution in [-0.2, 0) is 0 Å². The van der Waals surface area contributed by atoms with Gasteiger partial charge in [0.15, 0.2) is 0 Å². The summed E-state index contributed by atoms with van der Waals surface area (Å²) >= 11 is 0. The highest BCUT2D eigenvalue weighted by Crippen LogP contribution is 2.22. The van der Waals surface area contributed by atoms with Crippen LogP contribution in [0.1, 0.15) is 54.4 Å². The summed E-state index contributed by atoms with van der Waals surface area (Å²) in [6.45, 7) is 12.6. The van der Waals surface area contributed by atoms with Crippen molar-refractivity contribution in [2.24, 2.45) is 11.3 Å². The van der Waals surface area contributed by atoms with Gasteiger partial charge in [-0.1, -0.05) is 34.6 Å². The van der Waals surface area contributed by atoms with E-state index in [0.29, 0.717) is 5.41 Å². The summed E-state index contributed by atoms with van der Waals surface area (Å²) in [6, 6.07) is 2.24. The normalized spacial score (nSPS) is 12.4. The minimum atomic E-state index is 0.222. The van der Waals surface area contributed by atoms with Crippen LogP contribution in [0.2, 0.25) is 0 Å². The van der Waals surface area contributed by atoms with E-state index >= 15 is 0 Å². The minimum Gasteiger partial charge on any atom is -0.198 e. The van der Waals surface area contributed by atoms with Crippen molar-refractivity contribution in [3.8, 4) is 6.07 Å².